The number of amides is 1. The number of nitrogens with zero attached hydrogens (tertiary/aromatic N) is 1. The van der Waals surface area contributed by atoms with Crippen molar-refractivity contribution in [2.24, 2.45) is 11.7 Å². The SMILES string of the molecule is CC(C)CCCC(C)NC(=O)c1csc(C(C)N)n1. The molecule has 0 aliphatic rings. The molecule has 1 rings (SSSR count). The van der Waals surface area contributed by atoms with Gasteiger partial charge in [-0.05, 0) is 26.2 Å². The Hall–Kier alpha value is -0.940. The van der Waals surface area contributed by atoms with Crippen LogP contribution in [0.3, 0.4) is 0 Å². The van der Waals surface area contributed by atoms with Gasteiger partial charge in [0.1, 0.15) is 10.7 Å². The molecule has 19 heavy (non-hydrogen) atoms. The van der Waals surface area contributed by atoms with Crippen molar-refractivity contribution >= 4 is 17.2 Å². The highest BCUT2D eigenvalue weighted by molar-refractivity contribution is 7.09. The lowest BCUT2D eigenvalue weighted by molar-refractivity contribution is 0.0933. The fourth-order valence-corrected chi connectivity index (χ4v) is 2.56. The van der Waals surface area contributed by atoms with E-state index in [1.54, 1.807) is 5.38 Å². The van der Waals surface area contributed by atoms with Crippen LogP contribution in [-0.2, 0) is 0 Å². The summed E-state index contributed by atoms with van der Waals surface area (Å²) in [5.41, 5.74) is 6.22. The lowest BCUT2D eigenvalue weighted by atomic mass is 10.0. The van der Waals surface area contributed by atoms with Gasteiger partial charge in [-0.15, -0.1) is 11.3 Å². The Balaban J connectivity index is 2.40. The summed E-state index contributed by atoms with van der Waals surface area (Å²) in [5.74, 6) is 0.621. The highest BCUT2D eigenvalue weighted by atomic mass is 32.1. The number of aromatic nitrogens is 1. The molecule has 0 bridgehead atoms. The minimum Gasteiger partial charge on any atom is -0.348 e. The van der Waals surface area contributed by atoms with Crippen molar-refractivity contribution in [3.05, 3.63) is 16.1 Å². The first-order chi connectivity index (χ1) is 8.90. The minimum absolute atomic E-state index is 0.0970. The van der Waals surface area contributed by atoms with Crippen LogP contribution in [0.1, 0.15) is 68.5 Å². The quantitative estimate of drug-likeness (QED) is 0.808. The fourth-order valence-electron chi connectivity index (χ4n) is 1.80. The van der Waals surface area contributed by atoms with Crippen LogP contribution >= 0.6 is 11.3 Å². The molecule has 0 aromatic carbocycles. The van der Waals surface area contributed by atoms with Crippen LogP contribution in [-0.4, -0.2) is 16.9 Å². The maximum Gasteiger partial charge on any atom is 0.270 e. The van der Waals surface area contributed by atoms with Crippen LogP contribution in [0, 0.1) is 5.92 Å². The van der Waals surface area contributed by atoms with Crippen molar-refractivity contribution in [1.29, 1.82) is 0 Å². The van der Waals surface area contributed by atoms with E-state index < -0.39 is 0 Å². The van der Waals surface area contributed by atoms with Crippen molar-refractivity contribution in [2.75, 3.05) is 0 Å². The molecule has 1 aromatic heterocycles. The molecule has 5 heteroatoms. The zero-order valence-corrected chi connectivity index (χ0v) is 13.1. The summed E-state index contributed by atoms with van der Waals surface area (Å²) in [4.78, 5) is 16.2. The van der Waals surface area contributed by atoms with Crippen molar-refractivity contribution in [1.82, 2.24) is 10.3 Å². The first kappa shape index (κ1) is 16.1. The molecule has 0 saturated carbocycles. The summed E-state index contributed by atoms with van der Waals surface area (Å²) < 4.78 is 0. The maximum absolute atomic E-state index is 12.0. The van der Waals surface area contributed by atoms with Gasteiger partial charge >= 0.3 is 0 Å². The highest BCUT2D eigenvalue weighted by Gasteiger charge is 2.14. The summed E-state index contributed by atoms with van der Waals surface area (Å²) in [6.45, 7) is 8.34. The van der Waals surface area contributed by atoms with Crippen LogP contribution in [0.4, 0.5) is 0 Å². The van der Waals surface area contributed by atoms with Crippen LogP contribution in [0.25, 0.3) is 0 Å². The van der Waals surface area contributed by atoms with Gasteiger partial charge in [0.25, 0.3) is 5.91 Å². The first-order valence-corrected chi connectivity index (χ1v) is 7.80. The van der Waals surface area contributed by atoms with Crippen molar-refractivity contribution < 1.29 is 4.79 Å². The molecule has 0 saturated heterocycles. The predicted octanol–water partition coefficient (Wildman–Crippen LogP) is 3.11. The molecule has 0 fully saturated rings. The van der Waals surface area contributed by atoms with Crippen molar-refractivity contribution in [3.8, 4) is 0 Å². The second kappa shape index (κ2) is 7.60. The lowest BCUT2D eigenvalue weighted by Gasteiger charge is -2.13. The van der Waals surface area contributed by atoms with Crippen LogP contribution in [0.5, 0.6) is 0 Å². The molecular formula is C14H25N3OS. The molecule has 0 aliphatic carbocycles. The third-order valence-corrected chi connectivity index (χ3v) is 3.99. The lowest BCUT2D eigenvalue weighted by Crippen LogP contribution is -2.32. The molecule has 1 amide bonds. The molecule has 108 valence electrons. The van der Waals surface area contributed by atoms with Crippen molar-refractivity contribution in [3.63, 3.8) is 0 Å². The second-order valence-electron chi connectivity index (χ2n) is 5.56. The number of nitrogens with one attached hydrogen (secondary N) is 1. The molecule has 4 nitrogen and oxygen atoms in total. The average Bonchev–Trinajstić information content (AvgIpc) is 2.77. The molecule has 0 aliphatic heterocycles. The molecule has 0 radical (unpaired) electrons. The van der Waals surface area contributed by atoms with E-state index >= 15 is 0 Å². The summed E-state index contributed by atoms with van der Waals surface area (Å²) in [5, 5.41) is 5.56. The fraction of sp³-hybridized carbons (Fsp3) is 0.714. The van der Waals surface area contributed by atoms with E-state index in [4.69, 9.17) is 5.73 Å². The molecule has 1 heterocycles. The molecule has 2 atom stereocenters. The second-order valence-corrected chi connectivity index (χ2v) is 6.45. The largest absolute Gasteiger partial charge is 0.348 e. The number of carbonyl (C=O) groups excluding carboxylic acids is 1. The van der Waals surface area contributed by atoms with E-state index in [1.807, 2.05) is 13.8 Å². The van der Waals surface area contributed by atoms with Crippen LogP contribution < -0.4 is 11.1 Å². The summed E-state index contributed by atoms with van der Waals surface area (Å²) >= 11 is 1.44. The number of hydrogen-bond donors (Lipinski definition) is 2. The Morgan fingerprint density at radius 1 is 1.37 bits per heavy atom. The topological polar surface area (TPSA) is 68.0 Å². The van der Waals surface area contributed by atoms with Gasteiger partial charge in [0.05, 0.1) is 6.04 Å². The Morgan fingerprint density at radius 2 is 2.05 bits per heavy atom. The molecule has 2 unspecified atom stereocenters. The summed E-state index contributed by atoms with van der Waals surface area (Å²) in [6.07, 6.45) is 3.35. The smallest absolute Gasteiger partial charge is 0.270 e. The van der Waals surface area contributed by atoms with Gasteiger partial charge in [-0.2, -0.15) is 0 Å². The molecule has 3 N–H and O–H groups in total. The van der Waals surface area contributed by atoms with E-state index in [-0.39, 0.29) is 18.0 Å². The average molecular weight is 283 g/mol. The van der Waals surface area contributed by atoms with Gasteiger partial charge in [-0.25, -0.2) is 4.98 Å². The number of hydrogen-bond acceptors (Lipinski definition) is 4. The number of thiazole rings is 1. The van der Waals surface area contributed by atoms with E-state index in [9.17, 15) is 4.79 Å². The standard InChI is InChI=1S/C14H25N3OS/c1-9(2)6-5-7-10(3)16-13(18)12-8-19-14(17-12)11(4)15/h8-11H,5-7,15H2,1-4H3,(H,16,18). The van der Waals surface area contributed by atoms with E-state index in [2.05, 4.69) is 24.1 Å². The third kappa shape index (κ3) is 5.70. The van der Waals surface area contributed by atoms with Gasteiger partial charge < -0.3 is 11.1 Å². The van der Waals surface area contributed by atoms with Crippen molar-refractivity contribution in [2.45, 2.75) is 59.0 Å². The van der Waals surface area contributed by atoms with Gasteiger partial charge in [-0.1, -0.05) is 26.7 Å². The summed E-state index contributed by atoms with van der Waals surface area (Å²) in [7, 11) is 0. The Labute approximate surface area is 119 Å². The van der Waals surface area contributed by atoms with Gasteiger partial charge in [0, 0.05) is 11.4 Å². The predicted molar refractivity (Wildman–Crippen MR) is 80.3 cm³/mol. The van der Waals surface area contributed by atoms with Crippen LogP contribution in [0.15, 0.2) is 5.38 Å². The third-order valence-electron chi connectivity index (χ3n) is 2.94. The summed E-state index contributed by atoms with van der Waals surface area (Å²) in [6, 6.07) is 0.0710. The minimum atomic E-state index is -0.116. The molecule has 1 aromatic rings. The van der Waals surface area contributed by atoms with Gasteiger partial charge in [-0.3, -0.25) is 4.79 Å². The molecular weight excluding hydrogens is 258 g/mol. The van der Waals surface area contributed by atoms with Gasteiger partial charge in [0.2, 0.25) is 0 Å². The number of nitrogens with two attached hydrogens (primary N) is 1. The Kier molecular flexibility index (Phi) is 6.45. The molecule has 0 spiro atoms. The van der Waals surface area contributed by atoms with E-state index in [1.165, 1.54) is 17.8 Å². The highest BCUT2D eigenvalue weighted by Crippen LogP contribution is 2.16. The first-order valence-electron chi connectivity index (χ1n) is 6.92. The van der Waals surface area contributed by atoms with E-state index in [0.717, 1.165) is 23.8 Å². The Bertz CT molecular complexity index is 401. The monoisotopic (exact) mass is 283 g/mol. The normalized spacial score (nSPS) is 14.4. The zero-order chi connectivity index (χ0) is 14.4. The zero-order valence-electron chi connectivity index (χ0n) is 12.3. The number of rotatable bonds is 7. The van der Waals surface area contributed by atoms with E-state index in [0.29, 0.717) is 5.69 Å². The maximum atomic E-state index is 12.0. The van der Waals surface area contributed by atoms with Crippen LogP contribution in [0.2, 0.25) is 0 Å². The number of carbonyl (C=O) groups is 1. The Morgan fingerprint density at radius 3 is 2.58 bits per heavy atom. The van der Waals surface area contributed by atoms with Gasteiger partial charge in [0.15, 0.2) is 0 Å².